The molecule has 2 aromatic rings. The standard InChI is InChI=1S/C14H10NO2/c15-11-14(16,12-7-3-1-4-8-12)17-13-9-5-2-6-10-13/h1-10H. The Morgan fingerprint density at radius 1 is 0.941 bits per heavy atom. The molecule has 1 radical (unpaired) electrons. The summed E-state index contributed by atoms with van der Waals surface area (Å²) in [6, 6.07) is 18.6. The monoisotopic (exact) mass is 224 g/mol. The van der Waals surface area contributed by atoms with Crippen molar-refractivity contribution in [2.45, 2.75) is 5.79 Å². The Hall–Kier alpha value is -2.31. The van der Waals surface area contributed by atoms with Crippen molar-refractivity contribution in [2.75, 3.05) is 0 Å². The van der Waals surface area contributed by atoms with Gasteiger partial charge in [0.1, 0.15) is 5.75 Å². The van der Waals surface area contributed by atoms with E-state index in [0.717, 1.165) is 0 Å². The second-order valence-corrected chi connectivity index (χ2v) is 3.51. The number of ether oxygens (including phenoxy) is 1. The fourth-order valence-electron chi connectivity index (χ4n) is 1.46. The third kappa shape index (κ3) is 2.44. The van der Waals surface area contributed by atoms with E-state index in [4.69, 9.17) is 10.00 Å². The van der Waals surface area contributed by atoms with Crippen LogP contribution in [0.4, 0.5) is 0 Å². The SMILES string of the molecule is N#CC([O])(Oc1ccccc1)c1ccccc1. The van der Waals surface area contributed by atoms with Crippen LogP contribution in [0.5, 0.6) is 5.75 Å². The Kier molecular flexibility index (Phi) is 3.08. The van der Waals surface area contributed by atoms with Crippen molar-refractivity contribution in [3.8, 4) is 11.8 Å². The summed E-state index contributed by atoms with van der Waals surface area (Å²) in [4.78, 5) is 0. The number of para-hydroxylation sites is 1. The Labute approximate surface area is 99.5 Å². The van der Waals surface area contributed by atoms with Gasteiger partial charge >= 0.3 is 5.79 Å². The van der Waals surface area contributed by atoms with Gasteiger partial charge in [0, 0.05) is 5.56 Å². The first-order valence-electron chi connectivity index (χ1n) is 5.16. The summed E-state index contributed by atoms with van der Waals surface area (Å²) in [5, 5.41) is 21.3. The lowest BCUT2D eigenvalue weighted by atomic mass is 10.1. The maximum absolute atomic E-state index is 12.3. The largest absolute Gasteiger partial charge is 0.444 e. The number of nitrogens with zero attached hydrogens (tertiary/aromatic N) is 1. The molecular formula is C14H10NO2. The molecule has 0 spiro atoms. The fraction of sp³-hybridized carbons (Fsp3) is 0.0714. The number of benzene rings is 2. The molecule has 0 aliphatic heterocycles. The van der Waals surface area contributed by atoms with Gasteiger partial charge in [-0.15, -0.1) is 0 Å². The minimum atomic E-state index is -2.21. The molecule has 17 heavy (non-hydrogen) atoms. The summed E-state index contributed by atoms with van der Waals surface area (Å²) in [6.45, 7) is 0. The second-order valence-electron chi connectivity index (χ2n) is 3.51. The second kappa shape index (κ2) is 4.69. The highest BCUT2D eigenvalue weighted by molar-refractivity contribution is 5.29. The highest BCUT2D eigenvalue weighted by Gasteiger charge is 2.34. The summed E-state index contributed by atoms with van der Waals surface area (Å²) in [5.41, 5.74) is 0.298. The van der Waals surface area contributed by atoms with Gasteiger partial charge in [0.15, 0.2) is 6.07 Å². The van der Waals surface area contributed by atoms with Crippen LogP contribution in [0.3, 0.4) is 0 Å². The van der Waals surface area contributed by atoms with Gasteiger partial charge in [-0.3, -0.25) is 0 Å². The maximum atomic E-state index is 12.3. The Balaban J connectivity index is 2.31. The molecule has 0 N–H and O–H groups in total. The van der Waals surface area contributed by atoms with Crippen molar-refractivity contribution >= 4 is 0 Å². The molecule has 0 aliphatic rings. The van der Waals surface area contributed by atoms with E-state index in [2.05, 4.69) is 0 Å². The van der Waals surface area contributed by atoms with Crippen molar-refractivity contribution in [3.63, 3.8) is 0 Å². The maximum Gasteiger partial charge on any atom is 0.355 e. The van der Waals surface area contributed by atoms with Crippen molar-refractivity contribution < 1.29 is 9.84 Å². The number of nitriles is 1. The van der Waals surface area contributed by atoms with E-state index in [-0.39, 0.29) is 0 Å². The van der Waals surface area contributed by atoms with Crippen LogP contribution in [0.25, 0.3) is 0 Å². The normalized spacial score (nSPS) is 13.4. The van der Waals surface area contributed by atoms with Crippen molar-refractivity contribution in [1.29, 1.82) is 5.26 Å². The third-order valence-corrected chi connectivity index (χ3v) is 2.31. The van der Waals surface area contributed by atoms with Crippen molar-refractivity contribution in [3.05, 3.63) is 66.2 Å². The molecule has 0 saturated carbocycles. The molecule has 1 unspecified atom stereocenters. The van der Waals surface area contributed by atoms with Gasteiger partial charge < -0.3 is 4.74 Å². The topological polar surface area (TPSA) is 52.9 Å². The molecule has 83 valence electrons. The van der Waals surface area contributed by atoms with Gasteiger partial charge in [0.05, 0.1) is 0 Å². The average Bonchev–Trinajstić information content (AvgIpc) is 2.41. The van der Waals surface area contributed by atoms with E-state index < -0.39 is 5.79 Å². The highest BCUT2D eigenvalue weighted by Crippen LogP contribution is 2.25. The lowest BCUT2D eigenvalue weighted by molar-refractivity contribution is -0.145. The van der Waals surface area contributed by atoms with Crippen molar-refractivity contribution in [2.24, 2.45) is 0 Å². The number of rotatable bonds is 3. The van der Waals surface area contributed by atoms with Crippen LogP contribution >= 0.6 is 0 Å². The van der Waals surface area contributed by atoms with E-state index in [1.54, 1.807) is 60.7 Å². The zero-order valence-corrected chi connectivity index (χ0v) is 9.04. The predicted octanol–water partition coefficient (Wildman–Crippen LogP) is 2.87. The van der Waals surface area contributed by atoms with Crippen LogP contribution in [-0.2, 0) is 10.9 Å². The van der Waals surface area contributed by atoms with Gasteiger partial charge in [-0.2, -0.15) is 10.4 Å². The fourth-order valence-corrected chi connectivity index (χ4v) is 1.46. The lowest BCUT2D eigenvalue weighted by Gasteiger charge is -2.19. The first-order chi connectivity index (χ1) is 8.24. The zero-order chi connectivity index (χ0) is 12.1. The summed E-state index contributed by atoms with van der Waals surface area (Å²) < 4.78 is 5.22. The molecule has 0 heterocycles. The molecule has 0 aliphatic carbocycles. The van der Waals surface area contributed by atoms with Crippen LogP contribution < -0.4 is 4.74 Å². The molecule has 0 bridgehead atoms. The van der Waals surface area contributed by atoms with Gasteiger partial charge in [0.25, 0.3) is 0 Å². The Bertz CT molecular complexity index is 519. The van der Waals surface area contributed by atoms with Crippen LogP contribution in [0.2, 0.25) is 0 Å². The molecule has 0 fully saturated rings. The van der Waals surface area contributed by atoms with E-state index in [1.807, 2.05) is 6.07 Å². The Morgan fingerprint density at radius 3 is 2.00 bits per heavy atom. The summed E-state index contributed by atoms with van der Waals surface area (Å²) >= 11 is 0. The molecule has 2 aromatic carbocycles. The molecule has 0 saturated heterocycles. The molecule has 0 amide bonds. The summed E-state index contributed by atoms with van der Waals surface area (Å²) in [7, 11) is 0. The molecular weight excluding hydrogens is 214 g/mol. The Morgan fingerprint density at radius 2 is 1.47 bits per heavy atom. The molecule has 3 heteroatoms. The lowest BCUT2D eigenvalue weighted by Crippen LogP contribution is -2.29. The van der Waals surface area contributed by atoms with Gasteiger partial charge in [-0.25, -0.2) is 0 Å². The van der Waals surface area contributed by atoms with Crippen molar-refractivity contribution in [1.82, 2.24) is 0 Å². The molecule has 2 rings (SSSR count). The smallest absolute Gasteiger partial charge is 0.355 e. The summed E-state index contributed by atoms with van der Waals surface area (Å²) in [6.07, 6.45) is 0. The molecule has 3 nitrogen and oxygen atoms in total. The minimum Gasteiger partial charge on any atom is -0.444 e. The molecule has 0 aromatic heterocycles. The average molecular weight is 224 g/mol. The highest BCUT2D eigenvalue weighted by atomic mass is 16.6. The van der Waals surface area contributed by atoms with E-state index in [0.29, 0.717) is 11.3 Å². The number of hydrogen-bond donors (Lipinski definition) is 0. The van der Waals surface area contributed by atoms with E-state index in [1.165, 1.54) is 0 Å². The third-order valence-electron chi connectivity index (χ3n) is 2.31. The zero-order valence-electron chi connectivity index (χ0n) is 9.04. The van der Waals surface area contributed by atoms with E-state index >= 15 is 0 Å². The van der Waals surface area contributed by atoms with Crippen LogP contribution in [0.15, 0.2) is 60.7 Å². The predicted molar refractivity (Wildman–Crippen MR) is 61.5 cm³/mol. The van der Waals surface area contributed by atoms with Crippen LogP contribution in [0, 0.1) is 11.3 Å². The minimum absolute atomic E-state index is 0.298. The van der Waals surface area contributed by atoms with Gasteiger partial charge in [0.2, 0.25) is 0 Å². The van der Waals surface area contributed by atoms with E-state index in [9.17, 15) is 5.11 Å². The van der Waals surface area contributed by atoms with Gasteiger partial charge in [-0.1, -0.05) is 48.5 Å². The number of hydrogen-bond acceptors (Lipinski definition) is 2. The quantitative estimate of drug-likeness (QED) is 0.752. The first kappa shape index (κ1) is 11.2. The summed E-state index contributed by atoms with van der Waals surface area (Å²) in [5.74, 6) is -1.82. The molecule has 1 atom stereocenters. The van der Waals surface area contributed by atoms with Crippen LogP contribution in [-0.4, -0.2) is 0 Å². The first-order valence-corrected chi connectivity index (χ1v) is 5.16. The van der Waals surface area contributed by atoms with Crippen LogP contribution in [0.1, 0.15) is 5.56 Å². The van der Waals surface area contributed by atoms with Gasteiger partial charge in [-0.05, 0) is 12.1 Å².